The van der Waals surface area contributed by atoms with Gasteiger partial charge in [-0.3, -0.25) is 9.35 Å². The average Bonchev–Trinajstić information content (AvgIpc) is 2.92. The second-order valence-corrected chi connectivity index (χ2v) is 13.1. The van der Waals surface area contributed by atoms with Crippen molar-refractivity contribution in [1.82, 2.24) is 5.32 Å². The Balaban J connectivity index is 4.19. The van der Waals surface area contributed by atoms with Crippen LogP contribution in [0.15, 0.2) is 24.3 Å². The number of aliphatic hydroxyl groups excluding tert-OH is 2. The number of allylic oxidation sites excluding steroid dienone is 3. The van der Waals surface area contributed by atoms with Gasteiger partial charge >= 0.3 is 0 Å². The molecule has 0 bridgehead atoms. The monoisotopic (exact) mass is 601 g/mol. The summed E-state index contributed by atoms with van der Waals surface area (Å²) in [5, 5.41) is 23.1. The summed E-state index contributed by atoms with van der Waals surface area (Å²) in [6.45, 7) is 4.43. The van der Waals surface area contributed by atoms with Crippen molar-refractivity contribution in [2.75, 3.05) is 5.75 Å². The van der Waals surface area contributed by atoms with Crippen LogP contribution < -0.4 is 5.32 Å². The average molecular weight is 602 g/mol. The Bertz CT molecular complexity index is 768. The molecule has 1 amide bonds. The Kier molecular flexibility index (Phi) is 26.8. The fraction of sp³-hybridized carbons (Fsp3) is 0.848. The summed E-state index contributed by atoms with van der Waals surface area (Å²) in [7, 11) is -4.44. The van der Waals surface area contributed by atoms with Crippen LogP contribution in [0, 0.1) is 0 Å². The molecule has 3 unspecified atom stereocenters. The molecule has 0 saturated heterocycles. The minimum Gasteiger partial charge on any atom is -0.387 e. The first-order valence-electron chi connectivity index (χ1n) is 16.6. The van der Waals surface area contributed by atoms with Gasteiger partial charge < -0.3 is 15.5 Å². The lowest BCUT2D eigenvalue weighted by atomic mass is 10.0. The van der Waals surface area contributed by atoms with Crippen molar-refractivity contribution in [2.24, 2.45) is 0 Å². The maximum atomic E-state index is 12.5. The summed E-state index contributed by atoms with van der Waals surface area (Å²) < 4.78 is 32.2. The Morgan fingerprint density at radius 3 is 1.61 bits per heavy atom. The SMILES string of the molecule is CCCCCC/C=C/CC/C=C/C(O)C(CS(=O)(=O)O)NC(=O)C(O)CCCCCCCCCCCCCCCC. The summed E-state index contributed by atoms with van der Waals surface area (Å²) in [6, 6.07) is -1.24. The van der Waals surface area contributed by atoms with Crippen LogP contribution in [-0.2, 0) is 14.9 Å². The van der Waals surface area contributed by atoms with Gasteiger partial charge in [0, 0.05) is 0 Å². The fourth-order valence-electron chi connectivity index (χ4n) is 4.88. The zero-order chi connectivity index (χ0) is 30.6. The lowest BCUT2D eigenvalue weighted by Gasteiger charge is -2.22. The van der Waals surface area contributed by atoms with Crippen LogP contribution in [0.1, 0.15) is 155 Å². The van der Waals surface area contributed by atoms with E-state index in [9.17, 15) is 28.0 Å². The van der Waals surface area contributed by atoms with Crippen LogP contribution in [0.4, 0.5) is 0 Å². The number of hydrogen-bond acceptors (Lipinski definition) is 5. The van der Waals surface area contributed by atoms with E-state index in [1.807, 2.05) is 0 Å². The molecule has 0 aliphatic carbocycles. The molecular formula is C33H63NO6S. The molecule has 0 aliphatic heterocycles. The van der Waals surface area contributed by atoms with Crippen LogP contribution >= 0.6 is 0 Å². The molecule has 8 heteroatoms. The van der Waals surface area contributed by atoms with Gasteiger partial charge in [-0.15, -0.1) is 0 Å². The van der Waals surface area contributed by atoms with E-state index in [0.29, 0.717) is 12.8 Å². The number of hydrogen-bond donors (Lipinski definition) is 4. The molecule has 0 radical (unpaired) electrons. The highest BCUT2D eigenvalue weighted by molar-refractivity contribution is 7.85. The minimum atomic E-state index is -4.44. The molecule has 0 saturated carbocycles. The molecular weight excluding hydrogens is 538 g/mol. The van der Waals surface area contributed by atoms with Crippen molar-refractivity contribution < 1.29 is 28.0 Å². The molecule has 0 spiro atoms. The van der Waals surface area contributed by atoms with Crippen molar-refractivity contribution in [3.05, 3.63) is 24.3 Å². The second kappa shape index (κ2) is 27.6. The predicted molar refractivity (Wildman–Crippen MR) is 172 cm³/mol. The molecule has 0 aromatic heterocycles. The highest BCUT2D eigenvalue weighted by Crippen LogP contribution is 2.14. The Labute approximate surface area is 252 Å². The number of nitrogens with one attached hydrogen (secondary N) is 1. The van der Waals surface area contributed by atoms with Crippen LogP contribution in [-0.4, -0.2) is 53.1 Å². The van der Waals surface area contributed by atoms with Crippen LogP contribution in [0.5, 0.6) is 0 Å². The maximum absolute atomic E-state index is 12.5. The standard InChI is InChI=1S/C33H63NO6S/c1-3-5-7-9-11-13-15-16-17-18-20-22-24-26-28-32(36)33(37)34-30(29-41(38,39)40)31(35)27-25-23-21-19-14-12-10-8-6-4-2/h14,19,25,27,30-32,35-36H,3-13,15-18,20-24,26,28-29H2,1-2H3,(H,34,37)(H,38,39,40)/b19-14+,27-25+. The number of rotatable bonds is 29. The van der Waals surface area contributed by atoms with Crippen molar-refractivity contribution in [3.63, 3.8) is 0 Å². The molecule has 242 valence electrons. The summed E-state index contributed by atoms with van der Waals surface area (Å²) in [5.74, 6) is -1.56. The number of carbonyl (C=O) groups excluding carboxylic acids is 1. The van der Waals surface area contributed by atoms with E-state index in [1.165, 1.54) is 96.0 Å². The Morgan fingerprint density at radius 1 is 0.659 bits per heavy atom. The van der Waals surface area contributed by atoms with E-state index in [4.69, 9.17) is 0 Å². The smallest absolute Gasteiger partial charge is 0.267 e. The summed E-state index contributed by atoms with van der Waals surface area (Å²) in [4.78, 5) is 12.5. The van der Waals surface area contributed by atoms with E-state index in [-0.39, 0.29) is 6.42 Å². The van der Waals surface area contributed by atoms with Crippen molar-refractivity contribution in [2.45, 2.75) is 173 Å². The van der Waals surface area contributed by atoms with Crippen LogP contribution in [0.2, 0.25) is 0 Å². The van der Waals surface area contributed by atoms with Gasteiger partial charge in [-0.25, -0.2) is 0 Å². The largest absolute Gasteiger partial charge is 0.387 e. The number of carbonyl (C=O) groups is 1. The van der Waals surface area contributed by atoms with Crippen molar-refractivity contribution in [3.8, 4) is 0 Å². The lowest BCUT2D eigenvalue weighted by molar-refractivity contribution is -0.130. The van der Waals surface area contributed by atoms with Gasteiger partial charge in [0.1, 0.15) is 6.10 Å². The summed E-state index contributed by atoms with van der Waals surface area (Å²) in [6.07, 6.45) is 29.6. The topological polar surface area (TPSA) is 124 Å². The third kappa shape index (κ3) is 27.4. The van der Waals surface area contributed by atoms with Crippen molar-refractivity contribution >= 4 is 16.0 Å². The normalized spacial score (nSPS) is 14.6. The number of aliphatic hydroxyl groups is 2. The fourth-order valence-corrected chi connectivity index (χ4v) is 5.62. The van der Waals surface area contributed by atoms with E-state index in [0.717, 1.165) is 32.1 Å². The zero-order valence-corrected chi connectivity index (χ0v) is 27.1. The number of unbranched alkanes of at least 4 members (excludes halogenated alkanes) is 18. The van der Waals surface area contributed by atoms with Gasteiger partial charge in [0.25, 0.3) is 10.1 Å². The summed E-state index contributed by atoms with van der Waals surface area (Å²) >= 11 is 0. The molecule has 7 nitrogen and oxygen atoms in total. The van der Waals surface area contributed by atoms with E-state index < -0.39 is 40.0 Å². The van der Waals surface area contributed by atoms with E-state index >= 15 is 0 Å². The third-order valence-corrected chi connectivity index (χ3v) is 8.27. The second-order valence-electron chi connectivity index (χ2n) is 11.6. The number of amides is 1. The van der Waals surface area contributed by atoms with Gasteiger partial charge in [0.2, 0.25) is 5.91 Å². The van der Waals surface area contributed by atoms with Gasteiger partial charge in [-0.2, -0.15) is 8.42 Å². The molecule has 0 aromatic carbocycles. The van der Waals surface area contributed by atoms with E-state index in [1.54, 1.807) is 6.08 Å². The Morgan fingerprint density at radius 2 is 1.10 bits per heavy atom. The van der Waals surface area contributed by atoms with Gasteiger partial charge in [0.15, 0.2) is 0 Å². The first kappa shape index (κ1) is 39.8. The molecule has 0 aliphatic rings. The van der Waals surface area contributed by atoms with Crippen molar-refractivity contribution in [1.29, 1.82) is 0 Å². The van der Waals surface area contributed by atoms with Gasteiger partial charge in [-0.1, -0.05) is 147 Å². The first-order chi connectivity index (χ1) is 19.7. The molecule has 0 fully saturated rings. The van der Waals surface area contributed by atoms with Gasteiger partial charge in [0.05, 0.1) is 17.9 Å². The lowest BCUT2D eigenvalue weighted by Crippen LogP contribution is -2.50. The highest BCUT2D eigenvalue weighted by atomic mass is 32.2. The molecule has 4 N–H and O–H groups in total. The molecule has 3 atom stereocenters. The van der Waals surface area contributed by atoms with Crippen LogP contribution in [0.3, 0.4) is 0 Å². The zero-order valence-electron chi connectivity index (χ0n) is 26.3. The molecule has 0 rings (SSSR count). The Hall–Kier alpha value is -1.22. The first-order valence-corrected chi connectivity index (χ1v) is 18.3. The minimum absolute atomic E-state index is 0.277. The van der Waals surface area contributed by atoms with Gasteiger partial charge in [-0.05, 0) is 32.1 Å². The quantitative estimate of drug-likeness (QED) is 0.0394. The third-order valence-electron chi connectivity index (χ3n) is 7.49. The summed E-state index contributed by atoms with van der Waals surface area (Å²) in [5.41, 5.74) is 0. The highest BCUT2D eigenvalue weighted by Gasteiger charge is 2.27. The van der Waals surface area contributed by atoms with Crippen LogP contribution in [0.25, 0.3) is 0 Å². The molecule has 41 heavy (non-hydrogen) atoms. The molecule has 0 aromatic rings. The predicted octanol–water partition coefficient (Wildman–Crippen LogP) is 7.82. The maximum Gasteiger partial charge on any atom is 0.267 e. The molecule has 0 heterocycles. The van der Waals surface area contributed by atoms with E-state index in [2.05, 4.69) is 31.3 Å².